The van der Waals surface area contributed by atoms with Gasteiger partial charge in [0, 0.05) is 13.7 Å². The molecule has 18 heavy (non-hydrogen) atoms. The zero-order valence-electron chi connectivity index (χ0n) is 11.0. The SMILES string of the molecule is COC(C)(C)CCOCc1nc(NN)ccc1Cl. The number of ether oxygens (including phenoxy) is 2. The van der Waals surface area contributed by atoms with Gasteiger partial charge >= 0.3 is 0 Å². The van der Waals surface area contributed by atoms with E-state index >= 15 is 0 Å². The van der Waals surface area contributed by atoms with Crippen molar-refractivity contribution in [2.75, 3.05) is 19.1 Å². The average Bonchev–Trinajstić information content (AvgIpc) is 2.36. The molecule has 0 saturated carbocycles. The lowest BCUT2D eigenvalue weighted by Crippen LogP contribution is -2.24. The Morgan fingerprint density at radius 3 is 2.78 bits per heavy atom. The van der Waals surface area contributed by atoms with Crippen LogP contribution >= 0.6 is 11.6 Å². The number of rotatable bonds is 7. The summed E-state index contributed by atoms with van der Waals surface area (Å²) in [6, 6.07) is 3.45. The molecule has 1 aromatic rings. The summed E-state index contributed by atoms with van der Waals surface area (Å²) in [5.74, 6) is 5.85. The summed E-state index contributed by atoms with van der Waals surface area (Å²) in [6.45, 7) is 4.97. The summed E-state index contributed by atoms with van der Waals surface area (Å²) in [4.78, 5) is 4.22. The number of nitrogens with one attached hydrogen (secondary N) is 1. The summed E-state index contributed by atoms with van der Waals surface area (Å²) < 4.78 is 10.8. The highest BCUT2D eigenvalue weighted by Crippen LogP contribution is 2.18. The highest BCUT2D eigenvalue weighted by atomic mass is 35.5. The zero-order chi connectivity index (χ0) is 13.6. The Hall–Kier alpha value is -0.880. The number of nitrogen functional groups attached to an aromatic ring is 1. The Labute approximate surface area is 113 Å². The fraction of sp³-hybridized carbons (Fsp3) is 0.583. The van der Waals surface area contributed by atoms with Crippen molar-refractivity contribution in [3.8, 4) is 0 Å². The molecule has 0 unspecified atom stereocenters. The van der Waals surface area contributed by atoms with E-state index in [0.717, 1.165) is 6.42 Å². The minimum absolute atomic E-state index is 0.183. The van der Waals surface area contributed by atoms with E-state index in [1.807, 2.05) is 13.8 Å². The van der Waals surface area contributed by atoms with Gasteiger partial charge in [0.15, 0.2) is 0 Å². The highest BCUT2D eigenvalue weighted by Gasteiger charge is 2.15. The number of pyridine rings is 1. The number of halogens is 1. The van der Waals surface area contributed by atoms with Gasteiger partial charge in [-0.2, -0.15) is 0 Å². The van der Waals surface area contributed by atoms with Crippen LogP contribution in [0.25, 0.3) is 0 Å². The largest absolute Gasteiger partial charge is 0.379 e. The number of aromatic nitrogens is 1. The maximum absolute atomic E-state index is 6.01. The second-order valence-electron chi connectivity index (χ2n) is 4.54. The van der Waals surface area contributed by atoms with Gasteiger partial charge in [-0.15, -0.1) is 0 Å². The second kappa shape index (κ2) is 6.89. The van der Waals surface area contributed by atoms with E-state index in [0.29, 0.717) is 29.7 Å². The quantitative estimate of drug-likeness (QED) is 0.453. The molecule has 3 N–H and O–H groups in total. The fourth-order valence-electron chi connectivity index (χ4n) is 1.25. The molecule has 0 aromatic carbocycles. The second-order valence-corrected chi connectivity index (χ2v) is 4.94. The monoisotopic (exact) mass is 273 g/mol. The first-order valence-electron chi connectivity index (χ1n) is 5.73. The fourth-order valence-corrected chi connectivity index (χ4v) is 1.41. The van der Waals surface area contributed by atoms with E-state index < -0.39 is 0 Å². The molecule has 0 aliphatic rings. The molecule has 0 aliphatic carbocycles. The number of nitrogens with zero attached hydrogens (tertiary/aromatic N) is 1. The number of hydrogen-bond donors (Lipinski definition) is 2. The van der Waals surface area contributed by atoms with E-state index in [1.54, 1.807) is 19.2 Å². The first-order chi connectivity index (χ1) is 8.48. The maximum Gasteiger partial charge on any atom is 0.140 e. The molecule has 102 valence electrons. The molecule has 0 amide bonds. The van der Waals surface area contributed by atoms with Crippen LogP contribution in [0.15, 0.2) is 12.1 Å². The maximum atomic E-state index is 6.01. The summed E-state index contributed by atoms with van der Waals surface area (Å²) >= 11 is 6.01. The lowest BCUT2D eigenvalue weighted by molar-refractivity contribution is -0.0128. The first-order valence-corrected chi connectivity index (χ1v) is 6.11. The smallest absolute Gasteiger partial charge is 0.140 e. The molecule has 0 spiro atoms. The first kappa shape index (κ1) is 15.2. The van der Waals surface area contributed by atoms with Crippen LogP contribution in [0.2, 0.25) is 5.02 Å². The van der Waals surface area contributed by atoms with Gasteiger partial charge in [-0.1, -0.05) is 11.6 Å². The van der Waals surface area contributed by atoms with Gasteiger partial charge in [-0.3, -0.25) is 0 Å². The Balaban J connectivity index is 2.44. The van der Waals surface area contributed by atoms with E-state index in [9.17, 15) is 0 Å². The predicted octanol–water partition coefficient (Wildman–Crippen LogP) is 2.35. The number of nitrogens with two attached hydrogens (primary N) is 1. The van der Waals surface area contributed by atoms with Gasteiger partial charge in [0.2, 0.25) is 0 Å². The molecule has 1 aromatic heterocycles. The van der Waals surface area contributed by atoms with Crippen molar-refractivity contribution in [1.29, 1.82) is 0 Å². The van der Waals surface area contributed by atoms with Crippen molar-refractivity contribution < 1.29 is 9.47 Å². The van der Waals surface area contributed by atoms with Crippen molar-refractivity contribution in [1.82, 2.24) is 4.98 Å². The lowest BCUT2D eigenvalue weighted by Gasteiger charge is -2.22. The standard InChI is InChI=1S/C12H20ClN3O2/c1-12(2,17-3)6-7-18-8-10-9(13)4-5-11(15-10)16-14/h4-5H,6-8,14H2,1-3H3,(H,15,16). The van der Waals surface area contributed by atoms with Crippen LogP contribution in [-0.4, -0.2) is 24.3 Å². The van der Waals surface area contributed by atoms with Crippen molar-refractivity contribution in [3.63, 3.8) is 0 Å². The van der Waals surface area contributed by atoms with Crippen LogP contribution in [0.5, 0.6) is 0 Å². The summed E-state index contributed by atoms with van der Waals surface area (Å²) in [7, 11) is 1.69. The van der Waals surface area contributed by atoms with Crippen LogP contribution in [0.4, 0.5) is 5.82 Å². The van der Waals surface area contributed by atoms with Crippen LogP contribution < -0.4 is 11.3 Å². The Kier molecular flexibility index (Phi) is 5.81. The van der Waals surface area contributed by atoms with E-state index in [2.05, 4.69) is 10.4 Å². The minimum Gasteiger partial charge on any atom is -0.379 e. The molecule has 0 atom stereocenters. The molecular formula is C12H20ClN3O2. The molecule has 1 heterocycles. The molecule has 0 saturated heterocycles. The number of hydrazine groups is 1. The summed E-state index contributed by atoms with van der Waals surface area (Å²) in [5, 5.41) is 0.569. The number of anilines is 1. The van der Waals surface area contributed by atoms with Gasteiger partial charge < -0.3 is 14.9 Å². The third-order valence-electron chi connectivity index (χ3n) is 2.71. The average molecular weight is 274 g/mol. The lowest BCUT2D eigenvalue weighted by atomic mass is 10.1. The molecule has 0 fully saturated rings. The Morgan fingerprint density at radius 2 is 2.17 bits per heavy atom. The van der Waals surface area contributed by atoms with Crippen molar-refractivity contribution >= 4 is 17.4 Å². The Bertz CT molecular complexity index is 386. The summed E-state index contributed by atoms with van der Waals surface area (Å²) in [5.41, 5.74) is 2.96. The third-order valence-corrected chi connectivity index (χ3v) is 3.05. The highest BCUT2D eigenvalue weighted by molar-refractivity contribution is 6.31. The third kappa shape index (κ3) is 4.78. The van der Waals surface area contributed by atoms with Crippen molar-refractivity contribution in [2.45, 2.75) is 32.5 Å². The minimum atomic E-state index is -0.183. The predicted molar refractivity (Wildman–Crippen MR) is 72.4 cm³/mol. The number of hydrogen-bond acceptors (Lipinski definition) is 5. The molecule has 6 heteroatoms. The van der Waals surface area contributed by atoms with Gasteiger partial charge in [-0.25, -0.2) is 10.8 Å². The molecule has 1 rings (SSSR count). The van der Waals surface area contributed by atoms with E-state index in [4.69, 9.17) is 26.9 Å². The van der Waals surface area contributed by atoms with Crippen molar-refractivity contribution in [3.05, 3.63) is 22.8 Å². The summed E-state index contributed by atoms with van der Waals surface area (Å²) in [6.07, 6.45) is 0.802. The topological polar surface area (TPSA) is 69.4 Å². The van der Waals surface area contributed by atoms with E-state index in [-0.39, 0.29) is 5.60 Å². The normalized spacial score (nSPS) is 11.6. The molecule has 0 radical (unpaired) electrons. The molecule has 0 bridgehead atoms. The van der Waals surface area contributed by atoms with Gasteiger partial charge in [-0.05, 0) is 32.4 Å². The number of methoxy groups -OCH3 is 1. The van der Waals surface area contributed by atoms with Gasteiger partial charge in [0.1, 0.15) is 5.82 Å². The van der Waals surface area contributed by atoms with Crippen LogP contribution in [-0.2, 0) is 16.1 Å². The van der Waals surface area contributed by atoms with Crippen molar-refractivity contribution in [2.24, 2.45) is 5.84 Å². The van der Waals surface area contributed by atoms with Crippen LogP contribution in [0.1, 0.15) is 26.0 Å². The van der Waals surface area contributed by atoms with Gasteiger partial charge in [0.05, 0.1) is 22.9 Å². The van der Waals surface area contributed by atoms with Gasteiger partial charge in [0.25, 0.3) is 0 Å². The van der Waals surface area contributed by atoms with E-state index in [1.165, 1.54) is 0 Å². The zero-order valence-corrected chi connectivity index (χ0v) is 11.8. The van der Waals surface area contributed by atoms with Crippen LogP contribution in [0, 0.1) is 0 Å². The molecule has 0 aliphatic heterocycles. The van der Waals surface area contributed by atoms with Crippen LogP contribution in [0.3, 0.4) is 0 Å². The molecule has 5 nitrogen and oxygen atoms in total. The Morgan fingerprint density at radius 1 is 1.44 bits per heavy atom. The molecular weight excluding hydrogens is 254 g/mol.